The molecule has 0 radical (unpaired) electrons. The summed E-state index contributed by atoms with van der Waals surface area (Å²) in [4.78, 5) is 12.9. The van der Waals surface area contributed by atoms with Gasteiger partial charge in [0.05, 0.1) is 6.26 Å². The third kappa shape index (κ3) is 2.01. The fourth-order valence-electron chi connectivity index (χ4n) is 3.08. The Morgan fingerprint density at radius 1 is 0.957 bits per heavy atom. The molecule has 3 aromatic rings. The Bertz CT molecular complexity index is 947. The van der Waals surface area contributed by atoms with Gasteiger partial charge in [-0.3, -0.25) is 4.79 Å². The van der Waals surface area contributed by atoms with Crippen LogP contribution < -0.4 is 0 Å². The third-order valence-electron chi connectivity index (χ3n) is 4.25. The van der Waals surface area contributed by atoms with Gasteiger partial charge in [-0.1, -0.05) is 24.3 Å². The van der Waals surface area contributed by atoms with E-state index in [-0.39, 0.29) is 11.5 Å². The van der Waals surface area contributed by atoms with Crippen molar-refractivity contribution in [1.82, 2.24) is 0 Å². The molecule has 0 aliphatic heterocycles. The van der Waals surface area contributed by atoms with Crippen LogP contribution in [0.2, 0.25) is 0 Å². The quantitative estimate of drug-likeness (QED) is 0.566. The summed E-state index contributed by atoms with van der Waals surface area (Å²) in [6.45, 7) is 1.77. The van der Waals surface area contributed by atoms with Crippen LogP contribution in [0.3, 0.4) is 0 Å². The minimum Gasteiger partial charge on any atom is -0.508 e. The number of rotatable bonds is 1. The Morgan fingerprint density at radius 2 is 1.74 bits per heavy atom. The lowest BCUT2D eigenvalue weighted by atomic mass is 9.79. The van der Waals surface area contributed by atoms with Gasteiger partial charge in [0.25, 0.3) is 0 Å². The molecule has 0 saturated heterocycles. The van der Waals surface area contributed by atoms with Crippen LogP contribution in [0.25, 0.3) is 11.6 Å². The van der Waals surface area contributed by atoms with Crippen LogP contribution in [-0.2, 0) is 0 Å². The van der Waals surface area contributed by atoms with Crippen LogP contribution in [0.5, 0.6) is 5.75 Å². The van der Waals surface area contributed by atoms with Crippen molar-refractivity contribution < 1.29 is 14.3 Å². The van der Waals surface area contributed by atoms with Crippen molar-refractivity contribution >= 4 is 17.4 Å². The van der Waals surface area contributed by atoms with E-state index in [9.17, 15) is 9.90 Å². The second kappa shape index (κ2) is 4.99. The maximum absolute atomic E-state index is 12.9. The molecule has 0 saturated carbocycles. The van der Waals surface area contributed by atoms with Gasteiger partial charge in [-0.15, -0.1) is 0 Å². The van der Waals surface area contributed by atoms with Gasteiger partial charge in [0.1, 0.15) is 11.5 Å². The summed E-state index contributed by atoms with van der Waals surface area (Å²) in [5.74, 6) is 0.801. The predicted octanol–water partition coefficient (Wildman–Crippen LogP) is 4.43. The van der Waals surface area contributed by atoms with Crippen LogP contribution >= 0.6 is 0 Å². The summed E-state index contributed by atoms with van der Waals surface area (Å²) in [5.41, 5.74) is 4.43. The van der Waals surface area contributed by atoms with Crippen molar-refractivity contribution in [3.8, 4) is 5.75 Å². The summed E-state index contributed by atoms with van der Waals surface area (Å²) in [6.07, 6.45) is 3.55. The molecule has 0 atom stereocenters. The highest BCUT2D eigenvalue weighted by Crippen LogP contribution is 2.40. The van der Waals surface area contributed by atoms with E-state index >= 15 is 0 Å². The summed E-state index contributed by atoms with van der Waals surface area (Å²) in [7, 11) is 0. The number of phenolic OH excluding ortho intramolecular Hbond substituents is 1. The Kier molecular flexibility index (Phi) is 2.95. The van der Waals surface area contributed by atoms with E-state index in [1.807, 2.05) is 42.5 Å². The minimum absolute atomic E-state index is 0.0550. The Hall–Kier alpha value is -3.07. The van der Waals surface area contributed by atoms with Gasteiger partial charge in [-0.2, -0.15) is 0 Å². The van der Waals surface area contributed by atoms with Crippen molar-refractivity contribution in [2.24, 2.45) is 0 Å². The Balaban J connectivity index is 2.07. The zero-order valence-corrected chi connectivity index (χ0v) is 12.5. The van der Waals surface area contributed by atoms with Crippen LogP contribution in [0.15, 0.2) is 59.2 Å². The monoisotopic (exact) mass is 302 g/mol. The largest absolute Gasteiger partial charge is 0.508 e. The molecule has 1 aliphatic rings. The van der Waals surface area contributed by atoms with Crippen molar-refractivity contribution in [2.75, 3.05) is 0 Å². The molecule has 2 aromatic carbocycles. The van der Waals surface area contributed by atoms with Gasteiger partial charge < -0.3 is 9.52 Å². The summed E-state index contributed by atoms with van der Waals surface area (Å²) >= 11 is 0. The SMILES string of the molecule is Cc1c(O)ccc2c1C(=O)c1ccccc1C2=Cc1ccco1. The number of fused-ring (bicyclic) bond motifs is 2. The second-order valence-electron chi connectivity index (χ2n) is 5.58. The summed E-state index contributed by atoms with van der Waals surface area (Å²) < 4.78 is 5.44. The van der Waals surface area contributed by atoms with Crippen molar-refractivity contribution in [3.05, 3.63) is 88.4 Å². The smallest absolute Gasteiger partial charge is 0.194 e. The predicted molar refractivity (Wildman–Crippen MR) is 88.4 cm³/mol. The zero-order valence-electron chi connectivity index (χ0n) is 12.5. The average Bonchev–Trinajstić information content (AvgIpc) is 3.07. The van der Waals surface area contributed by atoms with Gasteiger partial charge in [-0.05, 0) is 54.0 Å². The zero-order chi connectivity index (χ0) is 16.0. The van der Waals surface area contributed by atoms with Gasteiger partial charge in [0, 0.05) is 16.7 Å². The van der Waals surface area contributed by atoms with Crippen LogP contribution in [0.4, 0.5) is 0 Å². The fraction of sp³-hybridized carbons (Fsp3) is 0.0500. The van der Waals surface area contributed by atoms with Gasteiger partial charge in [-0.25, -0.2) is 0 Å². The highest BCUT2D eigenvalue weighted by molar-refractivity contribution is 6.21. The first-order chi connectivity index (χ1) is 11.2. The number of aromatic hydroxyl groups is 1. The van der Waals surface area contributed by atoms with E-state index in [1.54, 1.807) is 25.3 Å². The number of hydrogen-bond acceptors (Lipinski definition) is 3. The summed E-state index contributed by atoms with van der Waals surface area (Å²) in [5, 5.41) is 9.99. The number of ketones is 1. The molecule has 3 heteroatoms. The Morgan fingerprint density at radius 3 is 2.48 bits per heavy atom. The molecule has 1 aromatic heterocycles. The lowest BCUT2D eigenvalue weighted by Crippen LogP contribution is -2.16. The first kappa shape index (κ1) is 13.6. The highest BCUT2D eigenvalue weighted by Gasteiger charge is 2.29. The molecule has 0 bridgehead atoms. The number of carbonyl (C=O) groups is 1. The number of furan rings is 1. The maximum Gasteiger partial charge on any atom is 0.194 e. The lowest BCUT2D eigenvalue weighted by Gasteiger charge is -2.23. The van der Waals surface area contributed by atoms with E-state index in [1.165, 1.54) is 0 Å². The van der Waals surface area contributed by atoms with Crippen LogP contribution in [-0.4, -0.2) is 10.9 Å². The molecule has 0 fully saturated rings. The Labute approximate surface area is 133 Å². The molecular weight excluding hydrogens is 288 g/mol. The molecule has 4 rings (SSSR count). The number of hydrogen-bond donors (Lipinski definition) is 1. The molecule has 112 valence electrons. The second-order valence-corrected chi connectivity index (χ2v) is 5.58. The van der Waals surface area contributed by atoms with E-state index in [0.717, 1.165) is 22.5 Å². The molecule has 1 N–H and O–H groups in total. The van der Waals surface area contributed by atoms with Crippen LogP contribution in [0.1, 0.15) is 38.4 Å². The normalized spacial score (nSPS) is 14.7. The number of phenols is 1. The lowest BCUT2D eigenvalue weighted by molar-refractivity contribution is 0.103. The van der Waals surface area contributed by atoms with E-state index in [2.05, 4.69) is 0 Å². The molecule has 1 aliphatic carbocycles. The molecule has 3 nitrogen and oxygen atoms in total. The molecule has 0 spiro atoms. The average molecular weight is 302 g/mol. The summed E-state index contributed by atoms with van der Waals surface area (Å²) in [6, 6.07) is 14.7. The third-order valence-corrected chi connectivity index (χ3v) is 4.25. The standard InChI is InChI=1S/C20H14O3/c1-12-18(21)9-8-15-17(11-13-5-4-10-23-13)14-6-2-3-7-16(14)20(22)19(12)15/h2-11,21H,1H3. The van der Waals surface area contributed by atoms with E-state index < -0.39 is 0 Å². The van der Waals surface area contributed by atoms with Crippen molar-refractivity contribution in [1.29, 1.82) is 0 Å². The topological polar surface area (TPSA) is 50.4 Å². The maximum atomic E-state index is 12.9. The first-order valence-corrected chi connectivity index (χ1v) is 7.39. The molecule has 1 heterocycles. The highest BCUT2D eigenvalue weighted by atomic mass is 16.3. The molecule has 23 heavy (non-hydrogen) atoms. The fourth-order valence-corrected chi connectivity index (χ4v) is 3.08. The molecule has 0 unspecified atom stereocenters. The van der Waals surface area contributed by atoms with Crippen molar-refractivity contribution in [2.45, 2.75) is 6.92 Å². The van der Waals surface area contributed by atoms with Gasteiger partial charge in [0.15, 0.2) is 5.78 Å². The molecular formula is C20H14O3. The molecule has 0 amide bonds. The number of benzene rings is 2. The van der Waals surface area contributed by atoms with Gasteiger partial charge >= 0.3 is 0 Å². The number of carbonyl (C=O) groups excluding carboxylic acids is 1. The minimum atomic E-state index is -0.0550. The van der Waals surface area contributed by atoms with E-state index in [0.29, 0.717) is 16.7 Å². The first-order valence-electron chi connectivity index (χ1n) is 7.39. The van der Waals surface area contributed by atoms with Crippen LogP contribution in [0, 0.1) is 6.92 Å². The van der Waals surface area contributed by atoms with Gasteiger partial charge in [0.2, 0.25) is 0 Å². The van der Waals surface area contributed by atoms with Crippen molar-refractivity contribution in [3.63, 3.8) is 0 Å². The van der Waals surface area contributed by atoms with E-state index in [4.69, 9.17) is 4.42 Å².